The van der Waals surface area contributed by atoms with Crippen molar-refractivity contribution in [1.82, 2.24) is 0 Å². The standard InChI is InChI=1S/C21H21NO4S3/c23-15(12-14-7-8-14)9-11-27-19-13-18(16-4-1-2-5-17(16)21(19)24)22-29(25,26)20-6-3-10-28-20/h1-6,10,13-14,22,24H,7-9,11-12H2. The van der Waals surface area contributed by atoms with Crippen molar-refractivity contribution in [2.75, 3.05) is 10.5 Å². The molecule has 1 heterocycles. The lowest BCUT2D eigenvalue weighted by Crippen LogP contribution is -2.12. The molecule has 1 fully saturated rings. The Bertz CT molecular complexity index is 1140. The molecule has 0 radical (unpaired) electrons. The molecule has 2 aromatic carbocycles. The molecule has 4 rings (SSSR count). The fourth-order valence-electron chi connectivity index (χ4n) is 3.16. The summed E-state index contributed by atoms with van der Waals surface area (Å²) in [5.41, 5.74) is 0.415. The third kappa shape index (κ3) is 4.76. The molecule has 0 atom stereocenters. The summed E-state index contributed by atoms with van der Waals surface area (Å²) in [5.74, 6) is 1.48. The van der Waals surface area contributed by atoms with E-state index >= 15 is 0 Å². The molecule has 1 aliphatic rings. The van der Waals surface area contributed by atoms with E-state index < -0.39 is 10.0 Å². The van der Waals surface area contributed by atoms with Crippen LogP contribution in [0.5, 0.6) is 5.75 Å². The van der Waals surface area contributed by atoms with Crippen molar-refractivity contribution < 1.29 is 18.3 Å². The molecule has 0 unspecified atom stereocenters. The SMILES string of the molecule is O=C(CCSc1cc(NS(=O)(=O)c2cccs2)c2ccccc2c1O)CC1CC1. The summed E-state index contributed by atoms with van der Waals surface area (Å²) in [6, 6.07) is 12.0. The maximum atomic E-state index is 12.7. The molecule has 0 spiro atoms. The minimum Gasteiger partial charge on any atom is -0.506 e. The Labute approximate surface area is 178 Å². The summed E-state index contributed by atoms with van der Waals surface area (Å²) in [7, 11) is -3.71. The lowest BCUT2D eigenvalue weighted by atomic mass is 10.1. The number of rotatable bonds is 9. The lowest BCUT2D eigenvalue weighted by molar-refractivity contribution is -0.119. The number of carbonyl (C=O) groups is 1. The summed E-state index contributed by atoms with van der Waals surface area (Å²) in [6.45, 7) is 0. The number of anilines is 1. The fraction of sp³-hybridized carbons (Fsp3) is 0.286. The largest absolute Gasteiger partial charge is 0.506 e. The van der Waals surface area contributed by atoms with Crippen LogP contribution in [-0.2, 0) is 14.8 Å². The number of aromatic hydroxyl groups is 1. The average molecular weight is 448 g/mol. The zero-order chi connectivity index (χ0) is 20.4. The number of sulfonamides is 1. The number of benzene rings is 2. The first-order valence-corrected chi connectivity index (χ1v) is 12.7. The monoisotopic (exact) mass is 447 g/mol. The highest BCUT2D eigenvalue weighted by molar-refractivity contribution is 7.99. The van der Waals surface area contributed by atoms with E-state index in [1.54, 1.807) is 47.8 Å². The first-order valence-electron chi connectivity index (χ1n) is 9.39. The zero-order valence-corrected chi connectivity index (χ0v) is 18.1. The highest BCUT2D eigenvalue weighted by Gasteiger charge is 2.24. The number of phenols is 1. The van der Waals surface area contributed by atoms with Gasteiger partial charge < -0.3 is 5.11 Å². The molecule has 3 aromatic rings. The van der Waals surface area contributed by atoms with Crippen molar-refractivity contribution in [1.29, 1.82) is 0 Å². The van der Waals surface area contributed by atoms with Crippen LogP contribution in [0.1, 0.15) is 25.7 Å². The molecule has 0 bridgehead atoms. The summed E-state index contributed by atoms with van der Waals surface area (Å²) < 4.78 is 28.3. The molecular weight excluding hydrogens is 426 g/mol. The lowest BCUT2D eigenvalue weighted by Gasteiger charge is -2.14. The Morgan fingerprint density at radius 2 is 1.93 bits per heavy atom. The van der Waals surface area contributed by atoms with Gasteiger partial charge in [-0.1, -0.05) is 30.3 Å². The highest BCUT2D eigenvalue weighted by atomic mass is 32.2. The van der Waals surface area contributed by atoms with Crippen LogP contribution in [0, 0.1) is 5.92 Å². The number of nitrogens with one attached hydrogen (secondary N) is 1. The van der Waals surface area contributed by atoms with Gasteiger partial charge in [-0.05, 0) is 36.3 Å². The number of ketones is 1. The van der Waals surface area contributed by atoms with Gasteiger partial charge in [-0.25, -0.2) is 8.42 Å². The predicted octanol–water partition coefficient (Wildman–Crippen LogP) is 5.26. The van der Waals surface area contributed by atoms with E-state index in [1.165, 1.54) is 11.8 Å². The molecular formula is C21H21NO4S3. The van der Waals surface area contributed by atoms with E-state index in [0.29, 0.717) is 45.9 Å². The Balaban J connectivity index is 1.59. The van der Waals surface area contributed by atoms with Crippen LogP contribution in [0.4, 0.5) is 5.69 Å². The van der Waals surface area contributed by atoms with E-state index in [1.807, 2.05) is 0 Å². The molecule has 0 aliphatic heterocycles. The van der Waals surface area contributed by atoms with E-state index in [-0.39, 0.29) is 15.7 Å². The van der Waals surface area contributed by atoms with Crippen molar-refractivity contribution in [2.45, 2.75) is 34.8 Å². The van der Waals surface area contributed by atoms with Gasteiger partial charge >= 0.3 is 0 Å². The number of phenolic OH excluding ortho intramolecular Hbond substituents is 1. The van der Waals surface area contributed by atoms with Crippen molar-refractivity contribution in [2.24, 2.45) is 5.92 Å². The molecule has 0 saturated heterocycles. The first-order chi connectivity index (χ1) is 13.9. The second kappa shape index (κ2) is 8.38. The number of thiophene rings is 1. The zero-order valence-electron chi connectivity index (χ0n) is 15.6. The third-order valence-electron chi connectivity index (χ3n) is 4.84. The number of fused-ring (bicyclic) bond motifs is 1. The second-order valence-corrected chi connectivity index (χ2v) is 11.1. The molecule has 1 aromatic heterocycles. The molecule has 5 nitrogen and oxygen atoms in total. The van der Waals surface area contributed by atoms with Crippen LogP contribution in [0.15, 0.2) is 56.9 Å². The minimum absolute atomic E-state index is 0.110. The number of carbonyl (C=O) groups excluding carboxylic acids is 1. The Kier molecular flexibility index (Phi) is 5.85. The number of hydrogen-bond acceptors (Lipinski definition) is 6. The normalized spacial score (nSPS) is 14.2. The minimum atomic E-state index is -3.71. The van der Waals surface area contributed by atoms with Crippen LogP contribution in [0.25, 0.3) is 10.8 Å². The van der Waals surface area contributed by atoms with E-state index in [0.717, 1.165) is 24.2 Å². The van der Waals surface area contributed by atoms with Gasteiger partial charge in [0.1, 0.15) is 15.7 Å². The average Bonchev–Trinajstić information content (AvgIpc) is 3.31. The quantitative estimate of drug-likeness (QED) is 0.345. The molecule has 29 heavy (non-hydrogen) atoms. The summed E-state index contributed by atoms with van der Waals surface area (Å²) in [6.07, 6.45) is 3.40. The van der Waals surface area contributed by atoms with Gasteiger partial charge in [0.05, 0.1) is 10.6 Å². The summed E-state index contributed by atoms with van der Waals surface area (Å²) in [4.78, 5) is 12.6. The van der Waals surface area contributed by atoms with Crippen LogP contribution >= 0.6 is 23.1 Å². The van der Waals surface area contributed by atoms with Gasteiger partial charge in [0.2, 0.25) is 0 Å². The summed E-state index contributed by atoms with van der Waals surface area (Å²) >= 11 is 2.52. The van der Waals surface area contributed by atoms with Gasteiger partial charge in [0.15, 0.2) is 0 Å². The van der Waals surface area contributed by atoms with Crippen molar-refractivity contribution in [3.8, 4) is 5.75 Å². The van der Waals surface area contributed by atoms with Crippen LogP contribution < -0.4 is 4.72 Å². The Hall–Kier alpha value is -2.03. The topological polar surface area (TPSA) is 83.5 Å². The van der Waals surface area contributed by atoms with E-state index in [4.69, 9.17) is 0 Å². The third-order valence-corrected chi connectivity index (χ3v) is 8.63. The van der Waals surface area contributed by atoms with Gasteiger partial charge in [0, 0.05) is 29.4 Å². The molecule has 152 valence electrons. The maximum absolute atomic E-state index is 12.7. The van der Waals surface area contributed by atoms with E-state index in [9.17, 15) is 18.3 Å². The Morgan fingerprint density at radius 3 is 2.62 bits per heavy atom. The molecule has 1 aliphatic carbocycles. The Morgan fingerprint density at radius 1 is 1.17 bits per heavy atom. The molecule has 0 amide bonds. The second-order valence-electron chi connectivity index (χ2n) is 7.14. The van der Waals surface area contributed by atoms with E-state index in [2.05, 4.69) is 4.72 Å². The maximum Gasteiger partial charge on any atom is 0.271 e. The van der Waals surface area contributed by atoms with Crippen LogP contribution in [-0.4, -0.2) is 25.1 Å². The molecule has 1 saturated carbocycles. The van der Waals surface area contributed by atoms with Gasteiger partial charge in [-0.3, -0.25) is 9.52 Å². The first kappa shape index (κ1) is 20.3. The predicted molar refractivity (Wildman–Crippen MR) is 118 cm³/mol. The van der Waals surface area contributed by atoms with Crippen molar-refractivity contribution in [3.05, 3.63) is 47.8 Å². The van der Waals surface area contributed by atoms with Crippen LogP contribution in [0.2, 0.25) is 0 Å². The van der Waals surface area contributed by atoms with Gasteiger partial charge in [-0.2, -0.15) is 0 Å². The molecule has 8 heteroatoms. The smallest absolute Gasteiger partial charge is 0.271 e. The van der Waals surface area contributed by atoms with Crippen molar-refractivity contribution in [3.63, 3.8) is 0 Å². The van der Waals surface area contributed by atoms with Crippen LogP contribution in [0.3, 0.4) is 0 Å². The summed E-state index contributed by atoms with van der Waals surface area (Å²) in [5, 5.41) is 13.6. The van der Waals surface area contributed by atoms with Gasteiger partial charge in [-0.15, -0.1) is 23.1 Å². The number of hydrogen-bond donors (Lipinski definition) is 2. The fourth-order valence-corrected chi connectivity index (χ4v) is 6.22. The number of Topliss-reactive ketones (excluding diaryl/α,β-unsaturated/α-hetero) is 1. The van der Waals surface area contributed by atoms with Crippen molar-refractivity contribution >= 4 is 55.4 Å². The van der Waals surface area contributed by atoms with Gasteiger partial charge in [0.25, 0.3) is 10.0 Å². The molecule has 2 N–H and O–H groups in total. The highest BCUT2D eigenvalue weighted by Crippen LogP contribution is 2.41. The number of thioether (sulfide) groups is 1.